The van der Waals surface area contributed by atoms with Gasteiger partial charge < -0.3 is 15.6 Å². The van der Waals surface area contributed by atoms with Crippen molar-refractivity contribution in [3.8, 4) is 0 Å². The van der Waals surface area contributed by atoms with Crippen LogP contribution in [0.4, 0.5) is 13.2 Å². The molecule has 204 valence electrons. The number of para-hydroxylation sites is 1. The van der Waals surface area contributed by atoms with Gasteiger partial charge in [0.25, 0.3) is 0 Å². The fourth-order valence-corrected chi connectivity index (χ4v) is 6.43. The molecule has 2 aromatic carbocycles. The van der Waals surface area contributed by atoms with Gasteiger partial charge in [-0.15, -0.1) is 0 Å². The Morgan fingerprint density at radius 2 is 1.71 bits per heavy atom. The smallest absolute Gasteiger partial charge is 0.353 e. The van der Waals surface area contributed by atoms with E-state index in [2.05, 4.69) is 22.1 Å². The molecule has 38 heavy (non-hydrogen) atoms. The quantitative estimate of drug-likeness (QED) is 0.344. The predicted molar refractivity (Wildman–Crippen MR) is 145 cm³/mol. The van der Waals surface area contributed by atoms with Gasteiger partial charge in [-0.1, -0.05) is 55.7 Å². The van der Waals surface area contributed by atoms with Crippen LogP contribution in [0, 0.1) is 5.92 Å². The monoisotopic (exact) mass is 525 g/mol. The lowest BCUT2D eigenvalue weighted by Gasteiger charge is -2.27. The summed E-state index contributed by atoms with van der Waals surface area (Å²) in [5.74, 6) is -0.0157. The molecular weight excluding hydrogens is 487 g/mol. The minimum atomic E-state index is -4.45. The number of carbonyl (C=O) groups excluding carboxylic acids is 1. The Bertz CT molecular complexity index is 1240. The summed E-state index contributed by atoms with van der Waals surface area (Å²) < 4.78 is 43.2. The van der Waals surface area contributed by atoms with Gasteiger partial charge in [0.1, 0.15) is 0 Å². The highest BCUT2D eigenvalue weighted by Crippen LogP contribution is 2.38. The van der Waals surface area contributed by atoms with E-state index in [0.29, 0.717) is 11.5 Å². The normalized spacial score (nSPS) is 21.9. The Morgan fingerprint density at radius 3 is 2.45 bits per heavy atom. The van der Waals surface area contributed by atoms with Crippen molar-refractivity contribution in [1.29, 1.82) is 0 Å². The Balaban J connectivity index is 1.49. The maximum Gasteiger partial charge on any atom is 0.416 e. The summed E-state index contributed by atoms with van der Waals surface area (Å²) in [6.07, 6.45) is 7.34. The molecule has 1 unspecified atom stereocenters. The average Bonchev–Trinajstić information content (AvgIpc) is 3.27. The SMILES string of the molecule is NC1CCC(NC(=O)CC(c2cccc(C(F)(F)F)c2)c2cn(CC3CCCCC3)c3ccccc23)CC1. The summed E-state index contributed by atoms with van der Waals surface area (Å²) in [5.41, 5.74) is 7.84. The van der Waals surface area contributed by atoms with Gasteiger partial charge in [0, 0.05) is 48.1 Å². The largest absolute Gasteiger partial charge is 0.416 e. The maximum absolute atomic E-state index is 13.7. The topological polar surface area (TPSA) is 60.0 Å². The summed E-state index contributed by atoms with van der Waals surface area (Å²) in [6, 6.07) is 13.8. The Labute approximate surface area is 222 Å². The van der Waals surface area contributed by atoms with Crippen LogP contribution < -0.4 is 11.1 Å². The number of aromatic nitrogens is 1. The highest BCUT2D eigenvalue weighted by Gasteiger charge is 2.32. The Hall–Kier alpha value is -2.80. The minimum Gasteiger partial charge on any atom is -0.353 e. The van der Waals surface area contributed by atoms with E-state index in [4.69, 9.17) is 5.73 Å². The first-order chi connectivity index (χ1) is 18.3. The number of halogens is 3. The molecular formula is C31H38F3N3O. The van der Waals surface area contributed by atoms with Crippen LogP contribution in [0.3, 0.4) is 0 Å². The van der Waals surface area contributed by atoms with E-state index in [-0.39, 0.29) is 24.4 Å². The molecule has 0 spiro atoms. The molecule has 5 rings (SSSR count). The van der Waals surface area contributed by atoms with E-state index in [1.54, 1.807) is 6.07 Å². The van der Waals surface area contributed by atoms with Gasteiger partial charge >= 0.3 is 6.18 Å². The number of rotatable bonds is 7. The Kier molecular flexibility index (Phi) is 8.12. The molecule has 7 heteroatoms. The molecule has 0 radical (unpaired) electrons. The van der Waals surface area contributed by atoms with E-state index in [9.17, 15) is 18.0 Å². The van der Waals surface area contributed by atoms with Crippen LogP contribution in [0.15, 0.2) is 54.7 Å². The first kappa shape index (κ1) is 26.8. The first-order valence-corrected chi connectivity index (χ1v) is 14.1. The zero-order valence-corrected chi connectivity index (χ0v) is 21.9. The molecule has 1 atom stereocenters. The summed E-state index contributed by atoms with van der Waals surface area (Å²) in [5, 5.41) is 4.15. The van der Waals surface area contributed by atoms with Crippen molar-refractivity contribution in [1.82, 2.24) is 9.88 Å². The summed E-state index contributed by atoms with van der Waals surface area (Å²) in [6.45, 7) is 0.893. The highest BCUT2D eigenvalue weighted by atomic mass is 19.4. The van der Waals surface area contributed by atoms with Crippen LogP contribution in [-0.2, 0) is 17.5 Å². The van der Waals surface area contributed by atoms with Gasteiger partial charge in [-0.25, -0.2) is 0 Å². The lowest BCUT2D eigenvalue weighted by Crippen LogP contribution is -2.40. The molecule has 2 aliphatic carbocycles. The number of alkyl halides is 3. The first-order valence-electron chi connectivity index (χ1n) is 14.1. The van der Waals surface area contributed by atoms with E-state index in [1.165, 1.54) is 44.2 Å². The van der Waals surface area contributed by atoms with Crippen molar-refractivity contribution >= 4 is 16.8 Å². The number of amides is 1. The highest BCUT2D eigenvalue weighted by molar-refractivity contribution is 5.86. The van der Waals surface area contributed by atoms with Gasteiger partial charge in [-0.05, 0) is 67.7 Å². The third-order valence-corrected chi connectivity index (χ3v) is 8.52. The molecule has 0 aliphatic heterocycles. The minimum absolute atomic E-state index is 0.0668. The van der Waals surface area contributed by atoms with Crippen molar-refractivity contribution in [2.24, 2.45) is 11.7 Å². The van der Waals surface area contributed by atoms with Gasteiger partial charge in [0.2, 0.25) is 5.91 Å². The van der Waals surface area contributed by atoms with Crippen molar-refractivity contribution in [2.45, 2.75) is 94.9 Å². The maximum atomic E-state index is 13.7. The van der Waals surface area contributed by atoms with Crippen LogP contribution in [0.25, 0.3) is 10.9 Å². The van der Waals surface area contributed by atoms with E-state index >= 15 is 0 Å². The molecule has 3 N–H and O–H groups in total. The zero-order valence-electron chi connectivity index (χ0n) is 21.9. The lowest BCUT2D eigenvalue weighted by atomic mass is 9.86. The average molecular weight is 526 g/mol. The molecule has 1 amide bonds. The molecule has 0 saturated heterocycles. The van der Waals surface area contributed by atoms with Gasteiger partial charge in [-0.3, -0.25) is 4.79 Å². The van der Waals surface area contributed by atoms with Crippen LogP contribution in [-0.4, -0.2) is 22.6 Å². The molecule has 2 fully saturated rings. The number of hydrogen-bond acceptors (Lipinski definition) is 2. The van der Waals surface area contributed by atoms with Crippen LogP contribution in [0.2, 0.25) is 0 Å². The number of fused-ring (bicyclic) bond motifs is 1. The molecule has 1 aromatic heterocycles. The molecule has 3 aromatic rings. The fraction of sp³-hybridized carbons (Fsp3) is 0.516. The fourth-order valence-electron chi connectivity index (χ4n) is 6.43. The second-order valence-corrected chi connectivity index (χ2v) is 11.3. The van der Waals surface area contributed by atoms with Gasteiger partial charge in [0.15, 0.2) is 0 Å². The molecule has 2 saturated carbocycles. The summed E-state index contributed by atoms with van der Waals surface area (Å²) in [4.78, 5) is 13.3. The number of nitrogens with one attached hydrogen (secondary N) is 1. The van der Waals surface area contributed by atoms with E-state index < -0.39 is 17.7 Å². The molecule has 0 bridgehead atoms. The van der Waals surface area contributed by atoms with E-state index in [1.807, 2.05) is 18.2 Å². The third kappa shape index (κ3) is 6.25. The van der Waals surface area contributed by atoms with Crippen molar-refractivity contribution < 1.29 is 18.0 Å². The van der Waals surface area contributed by atoms with Crippen LogP contribution in [0.1, 0.15) is 86.8 Å². The number of carbonyl (C=O) groups is 1. The third-order valence-electron chi connectivity index (χ3n) is 8.52. The number of nitrogens with two attached hydrogens (primary N) is 1. The standard InChI is InChI=1S/C31H38F3N3O/c32-31(33,34)23-10-6-9-22(17-23)27(18-30(38)36-25-15-13-24(35)14-16-25)28-20-37(19-21-7-2-1-3-8-21)29-12-5-4-11-26(28)29/h4-6,9-12,17,20-21,24-25,27H,1-3,7-8,13-16,18-19,35H2,(H,36,38). The Morgan fingerprint density at radius 1 is 0.974 bits per heavy atom. The van der Waals surface area contributed by atoms with Gasteiger partial charge in [-0.2, -0.15) is 13.2 Å². The van der Waals surface area contributed by atoms with Gasteiger partial charge in [0.05, 0.1) is 5.56 Å². The molecule has 1 heterocycles. The van der Waals surface area contributed by atoms with Crippen LogP contribution >= 0.6 is 0 Å². The number of benzene rings is 2. The zero-order chi connectivity index (χ0) is 26.7. The summed E-state index contributed by atoms with van der Waals surface area (Å²) >= 11 is 0. The second kappa shape index (κ2) is 11.5. The lowest BCUT2D eigenvalue weighted by molar-refractivity contribution is -0.137. The molecule has 4 nitrogen and oxygen atoms in total. The molecule has 2 aliphatic rings. The van der Waals surface area contributed by atoms with E-state index in [0.717, 1.165) is 54.8 Å². The predicted octanol–water partition coefficient (Wildman–Crippen LogP) is 7.15. The number of hydrogen-bond donors (Lipinski definition) is 2. The van der Waals surface area contributed by atoms with Crippen molar-refractivity contribution in [3.05, 3.63) is 71.4 Å². The second-order valence-electron chi connectivity index (χ2n) is 11.3. The van der Waals surface area contributed by atoms with Crippen molar-refractivity contribution in [2.75, 3.05) is 0 Å². The summed E-state index contributed by atoms with van der Waals surface area (Å²) in [7, 11) is 0. The van der Waals surface area contributed by atoms with Crippen LogP contribution in [0.5, 0.6) is 0 Å². The van der Waals surface area contributed by atoms with Crippen molar-refractivity contribution in [3.63, 3.8) is 0 Å². The number of nitrogens with zero attached hydrogens (tertiary/aromatic N) is 1.